The summed E-state index contributed by atoms with van der Waals surface area (Å²) in [4.78, 5) is 14.1. The quantitative estimate of drug-likeness (QED) is 0.935. The Hall–Kier alpha value is -2.13. The van der Waals surface area contributed by atoms with Crippen LogP contribution in [0.15, 0.2) is 54.6 Å². The first-order valence-electron chi connectivity index (χ1n) is 7.40. The van der Waals surface area contributed by atoms with Crippen molar-refractivity contribution in [3.8, 4) is 0 Å². The predicted molar refractivity (Wildman–Crippen MR) is 85.2 cm³/mol. The van der Waals surface area contributed by atoms with Crippen molar-refractivity contribution < 1.29 is 4.79 Å². The third kappa shape index (κ3) is 2.98. The van der Waals surface area contributed by atoms with Crippen molar-refractivity contribution in [3.05, 3.63) is 65.7 Å². The fraction of sp³-hybridized carbons (Fsp3) is 0.278. The molecule has 3 heteroatoms. The molecule has 1 saturated heterocycles. The molecule has 2 aromatic carbocycles. The number of hydrogen-bond donors (Lipinski definition) is 1. The standard InChI is InChI=1S/C18H20N2O/c19-12-15-11-18(21)20(13-15)17-9-5-4-8-16(17)10-14-6-2-1-3-7-14/h1-9,15H,10-13,19H2. The maximum Gasteiger partial charge on any atom is 0.227 e. The summed E-state index contributed by atoms with van der Waals surface area (Å²) in [6, 6.07) is 18.5. The minimum atomic E-state index is 0.186. The molecule has 3 nitrogen and oxygen atoms in total. The number of para-hydroxylation sites is 1. The maximum absolute atomic E-state index is 12.2. The molecule has 2 aromatic rings. The van der Waals surface area contributed by atoms with E-state index in [1.165, 1.54) is 11.1 Å². The van der Waals surface area contributed by atoms with Crippen LogP contribution in [0.5, 0.6) is 0 Å². The summed E-state index contributed by atoms with van der Waals surface area (Å²) >= 11 is 0. The molecule has 0 saturated carbocycles. The lowest BCUT2D eigenvalue weighted by atomic mass is 10.0. The second kappa shape index (κ2) is 6.10. The number of rotatable bonds is 4. The number of amides is 1. The normalized spacial score (nSPS) is 18.2. The van der Waals surface area contributed by atoms with Crippen molar-refractivity contribution in [1.29, 1.82) is 0 Å². The summed E-state index contributed by atoms with van der Waals surface area (Å²) in [5.74, 6) is 0.466. The van der Waals surface area contributed by atoms with Gasteiger partial charge in [-0.3, -0.25) is 4.79 Å². The molecule has 0 aromatic heterocycles. The summed E-state index contributed by atoms with van der Waals surface area (Å²) in [5.41, 5.74) is 9.19. The molecule has 1 aliphatic heterocycles. The monoisotopic (exact) mass is 280 g/mol. The van der Waals surface area contributed by atoms with Gasteiger partial charge in [0, 0.05) is 18.7 Å². The average molecular weight is 280 g/mol. The first-order valence-corrected chi connectivity index (χ1v) is 7.40. The number of carbonyl (C=O) groups is 1. The van der Waals surface area contributed by atoms with Crippen molar-refractivity contribution in [2.24, 2.45) is 11.7 Å². The number of nitrogens with zero attached hydrogens (tertiary/aromatic N) is 1. The molecule has 0 bridgehead atoms. The van der Waals surface area contributed by atoms with E-state index >= 15 is 0 Å². The van der Waals surface area contributed by atoms with Gasteiger partial charge in [0.25, 0.3) is 0 Å². The zero-order chi connectivity index (χ0) is 14.7. The lowest BCUT2D eigenvalue weighted by Gasteiger charge is -2.20. The van der Waals surface area contributed by atoms with Gasteiger partial charge in [-0.05, 0) is 36.1 Å². The van der Waals surface area contributed by atoms with Gasteiger partial charge < -0.3 is 10.6 Å². The van der Waals surface area contributed by atoms with Gasteiger partial charge in [0.05, 0.1) is 0 Å². The van der Waals surface area contributed by atoms with Crippen molar-refractivity contribution in [2.75, 3.05) is 18.0 Å². The van der Waals surface area contributed by atoms with Crippen LogP contribution in [0.25, 0.3) is 0 Å². The van der Waals surface area contributed by atoms with Crippen molar-refractivity contribution in [1.82, 2.24) is 0 Å². The third-order valence-electron chi connectivity index (χ3n) is 4.06. The van der Waals surface area contributed by atoms with Crippen molar-refractivity contribution >= 4 is 11.6 Å². The highest BCUT2D eigenvalue weighted by Gasteiger charge is 2.30. The van der Waals surface area contributed by atoms with Crippen LogP contribution in [-0.2, 0) is 11.2 Å². The average Bonchev–Trinajstić information content (AvgIpc) is 2.90. The third-order valence-corrected chi connectivity index (χ3v) is 4.06. The van der Waals surface area contributed by atoms with E-state index < -0.39 is 0 Å². The van der Waals surface area contributed by atoms with Crippen LogP contribution >= 0.6 is 0 Å². The Labute approximate surface area is 125 Å². The Morgan fingerprint density at radius 1 is 1.05 bits per heavy atom. The van der Waals surface area contributed by atoms with Crippen LogP contribution in [-0.4, -0.2) is 19.0 Å². The van der Waals surface area contributed by atoms with Crippen molar-refractivity contribution in [2.45, 2.75) is 12.8 Å². The van der Waals surface area contributed by atoms with Crippen LogP contribution in [0.1, 0.15) is 17.5 Å². The van der Waals surface area contributed by atoms with Crippen LogP contribution in [0, 0.1) is 5.92 Å². The van der Waals surface area contributed by atoms with Gasteiger partial charge in [0.15, 0.2) is 0 Å². The topological polar surface area (TPSA) is 46.3 Å². The van der Waals surface area contributed by atoms with Gasteiger partial charge in [0.2, 0.25) is 5.91 Å². The summed E-state index contributed by atoms with van der Waals surface area (Å²) in [6.07, 6.45) is 1.41. The van der Waals surface area contributed by atoms with Crippen LogP contribution < -0.4 is 10.6 Å². The minimum Gasteiger partial charge on any atom is -0.330 e. The predicted octanol–water partition coefficient (Wildman–Crippen LogP) is 2.59. The number of nitrogens with two attached hydrogens (primary N) is 1. The fourth-order valence-electron chi connectivity index (χ4n) is 2.91. The summed E-state index contributed by atoms with van der Waals surface area (Å²) in [5, 5.41) is 0. The summed E-state index contributed by atoms with van der Waals surface area (Å²) in [6.45, 7) is 1.31. The molecule has 3 rings (SSSR count). The lowest BCUT2D eigenvalue weighted by Crippen LogP contribution is -2.26. The number of anilines is 1. The smallest absolute Gasteiger partial charge is 0.227 e. The molecular formula is C18H20N2O. The Kier molecular flexibility index (Phi) is 4.02. The maximum atomic E-state index is 12.2. The Morgan fingerprint density at radius 2 is 1.76 bits per heavy atom. The van der Waals surface area contributed by atoms with Gasteiger partial charge in [-0.25, -0.2) is 0 Å². The molecule has 1 aliphatic rings. The Balaban J connectivity index is 1.88. The zero-order valence-corrected chi connectivity index (χ0v) is 12.0. The van der Waals surface area contributed by atoms with E-state index in [2.05, 4.69) is 18.2 Å². The highest BCUT2D eigenvalue weighted by Crippen LogP contribution is 2.29. The molecule has 108 valence electrons. The molecule has 1 atom stereocenters. The minimum absolute atomic E-state index is 0.186. The van der Waals surface area contributed by atoms with Crippen LogP contribution in [0.3, 0.4) is 0 Å². The number of benzene rings is 2. The lowest BCUT2D eigenvalue weighted by molar-refractivity contribution is -0.117. The first kappa shape index (κ1) is 13.8. The fourth-order valence-corrected chi connectivity index (χ4v) is 2.91. The molecule has 2 N–H and O–H groups in total. The van der Waals surface area contributed by atoms with Crippen molar-refractivity contribution in [3.63, 3.8) is 0 Å². The molecular weight excluding hydrogens is 260 g/mol. The van der Waals surface area contributed by atoms with Gasteiger partial charge in [-0.2, -0.15) is 0 Å². The van der Waals surface area contributed by atoms with Gasteiger partial charge in [0.1, 0.15) is 0 Å². The molecule has 1 amide bonds. The molecule has 1 unspecified atom stereocenters. The van der Waals surface area contributed by atoms with E-state index in [0.717, 1.165) is 18.7 Å². The van der Waals surface area contributed by atoms with Crippen LogP contribution in [0.4, 0.5) is 5.69 Å². The number of carbonyl (C=O) groups excluding carboxylic acids is 1. The van der Waals surface area contributed by atoms with Crippen LogP contribution in [0.2, 0.25) is 0 Å². The highest BCUT2D eigenvalue weighted by molar-refractivity contribution is 5.96. The second-order valence-electron chi connectivity index (χ2n) is 5.60. The zero-order valence-electron chi connectivity index (χ0n) is 12.0. The number of hydrogen-bond acceptors (Lipinski definition) is 2. The largest absolute Gasteiger partial charge is 0.330 e. The van der Waals surface area contributed by atoms with Gasteiger partial charge in [-0.1, -0.05) is 48.5 Å². The van der Waals surface area contributed by atoms with E-state index in [1.54, 1.807) is 0 Å². The van der Waals surface area contributed by atoms with E-state index in [1.807, 2.05) is 41.3 Å². The van der Waals surface area contributed by atoms with E-state index in [4.69, 9.17) is 5.73 Å². The Bertz CT molecular complexity index is 624. The molecule has 1 heterocycles. The first-order chi connectivity index (χ1) is 10.3. The second-order valence-corrected chi connectivity index (χ2v) is 5.60. The molecule has 0 aliphatic carbocycles. The summed E-state index contributed by atoms with van der Waals surface area (Å²) < 4.78 is 0. The van der Waals surface area contributed by atoms with Gasteiger partial charge in [-0.15, -0.1) is 0 Å². The highest BCUT2D eigenvalue weighted by atomic mass is 16.2. The molecule has 21 heavy (non-hydrogen) atoms. The summed E-state index contributed by atoms with van der Waals surface area (Å²) in [7, 11) is 0. The SMILES string of the molecule is NCC1CC(=O)N(c2ccccc2Cc2ccccc2)C1. The Morgan fingerprint density at radius 3 is 2.48 bits per heavy atom. The molecule has 1 fully saturated rings. The van der Waals surface area contributed by atoms with E-state index in [9.17, 15) is 4.79 Å². The van der Waals surface area contributed by atoms with E-state index in [0.29, 0.717) is 13.0 Å². The molecule has 0 spiro atoms. The molecule has 0 radical (unpaired) electrons. The van der Waals surface area contributed by atoms with Gasteiger partial charge >= 0.3 is 0 Å². The van der Waals surface area contributed by atoms with E-state index in [-0.39, 0.29) is 11.8 Å².